The lowest BCUT2D eigenvalue weighted by Gasteiger charge is -2.21. The fraction of sp³-hybridized carbons (Fsp3) is 0.833. The van der Waals surface area contributed by atoms with Crippen molar-refractivity contribution in [1.82, 2.24) is 5.32 Å². The third-order valence-electron chi connectivity index (χ3n) is 3.13. The summed E-state index contributed by atoms with van der Waals surface area (Å²) < 4.78 is 0. The van der Waals surface area contributed by atoms with Gasteiger partial charge in [0.2, 0.25) is 0 Å². The highest BCUT2D eigenvalue weighted by Crippen LogP contribution is 2.32. The van der Waals surface area contributed by atoms with Gasteiger partial charge in [-0.1, -0.05) is 26.3 Å². The highest BCUT2D eigenvalue weighted by molar-refractivity contribution is 4.93. The first-order valence-corrected chi connectivity index (χ1v) is 5.63. The maximum Gasteiger partial charge on any atom is 0.0275 e. The van der Waals surface area contributed by atoms with Gasteiger partial charge in [-0.3, -0.25) is 0 Å². The normalized spacial score (nSPS) is 30.3. The highest BCUT2D eigenvalue weighted by atomic mass is 14.9. The molecule has 1 aliphatic rings. The average Bonchev–Trinajstić information content (AvgIpc) is 2.54. The molecule has 0 amide bonds. The number of hydrogen-bond acceptors (Lipinski definition) is 1. The van der Waals surface area contributed by atoms with Crippen molar-refractivity contribution in [2.75, 3.05) is 6.54 Å². The Morgan fingerprint density at radius 2 is 2.31 bits per heavy atom. The van der Waals surface area contributed by atoms with Crippen LogP contribution in [0.25, 0.3) is 0 Å². The number of hydrogen-bond donors (Lipinski definition) is 1. The molecule has 13 heavy (non-hydrogen) atoms. The van der Waals surface area contributed by atoms with Crippen molar-refractivity contribution in [3.63, 3.8) is 0 Å². The minimum Gasteiger partial charge on any atom is -0.310 e. The molecule has 1 aliphatic carbocycles. The largest absolute Gasteiger partial charge is 0.310 e. The molecule has 0 aromatic heterocycles. The monoisotopic (exact) mass is 181 g/mol. The van der Waals surface area contributed by atoms with Crippen molar-refractivity contribution in [2.45, 2.75) is 45.6 Å². The fourth-order valence-electron chi connectivity index (χ4n) is 2.33. The van der Waals surface area contributed by atoms with E-state index in [-0.39, 0.29) is 0 Å². The van der Waals surface area contributed by atoms with E-state index in [2.05, 4.69) is 31.8 Å². The Hall–Kier alpha value is -0.300. The van der Waals surface area contributed by atoms with Gasteiger partial charge in [0.05, 0.1) is 0 Å². The molecule has 1 heteroatoms. The van der Waals surface area contributed by atoms with Crippen LogP contribution in [0.4, 0.5) is 0 Å². The second-order valence-electron chi connectivity index (χ2n) is 4.39. The van der Waals surface area contributed by atoms with Crippen molar-refractivity contribution in [3.05, 3.63) is 12.7 Å². The van der Waals surface area contributed by atoms with Crippen LogP contribution in [0, 0.1) is 11.8 Å². The SMILES string of the molecule is C=CC(NCCC)C1CCC(C)C1. The average molecular weight is 181 g/mol. The van der Waals surface area contributed by atoms with Gasteiger partial charge in [0.25, 0.3) is 0 Å². The Balaban J connectivity index is 2.33. The van der Waals surface area contributed by atoms with Crippen LogP contribution in [0.15, 0.2) is 12.7 Å². The minimum atomic E-state index is 0.560. The molecule has 1 N–H and O–H groups in total. The molecule has 0 saturated heterocycles. The zero-order valence-electron chi connectivity index (χ0n) is 9.05. The standard InChI is InChI=1S/C12H23N/c1-4-8-13-12(5-2)11-7-6-10(3)9-11/h5,10-13H,2,4,6-9H2,1,3H3. The Kier molecular flexibility index (Phi) is 4.51. The first kappa shape index (κ1) is 10.8. The molecule has 0 bridgehead atoms. The number of nitrogens with one attached hydrogen (secondary N) is 1. The van der Waals surface area contributed by atoms with Crippen LogP contribution in [0.5, 0.6) is 0 Å². The predicted octanol–water partition coefficient (Wildman–Crippen LogP) is 2.98. The summed E-state index contributed by atoms with van der Waals surface area (Å²) in [7, 11) is 0. The molecule has 3 unspecified atom stereocenters. The summed E-state index contributed by atoms with van der Waals surface area (Å²) in [5.74, 6) is 1.77. The van der Waals surface area contributed by atoms with Crippen LogP contribution >= 0.6 is 0 Å². The molecule has 3 atom stereocenters. The molecule has 76 valence electrons. The van der Waals surface area contributed by atoms with Crippen LogP contribution < -0.4 is 5.32 Å². The first-order valence-electron chi connectivity index (χ1n) is 5.63. The van der Waals surface area contributed by atoms with Crippen LogP contribution in [-0.2, 0) is 0 Å². The van der Waals surface area contributed by atoms with Gasteiger partial charge >= 0.3 is 0 Å². The Morgan fingerprint density at radius 3 is 2.77 bits per heavy atom. The van der Waals surface area contributed by atoms with Gasteiger partial charge in [0.1, 0.15) is 0 Å². The minimum absolute atomic E-state index is 0.560. The summed E-state index contributed by atoms with van der Waals surface area (Å²) in [5, 5.41) is 3.56. The summed E-state index contributed by atoms with van der Waals surface area (Å²) in [6.07, 6.45) is 7.48. The van der Waals surface area contributed by atoms with Crippen LogP contribution in [-0.4, -0.2) is 12.6 Å². The van der Waals surface area contributed by atoms with Crippen LogP contribution in [0.2, 0.25) is 0 Å². The van der Waals surface area contributed by atoms with E-state index < -0.39 is 0 Å². The maximum absolute atomic E-state index is 3.92. The lowest BCUT2D eigenvalue weighted by Crippen LogP contribution is -2.33. The molecule has 0 aromatic rings. The zero-order chi connectivity index (χ0) is 9.68. The quantitative estimate of drug-likeness (QED) is 0.643. The van der Waals surface area contributed by atoms with Gasteiger partial charge in [-0.05, 0) is 37.6 Å². The summed E-state index contributed by atoms with van der Waals surface area (Å²) in [6, 6.07) is 0.560. The van der Waals surface area contributed by atoms with E-state index in [9.17, 15) is 0 Å². The van der Waals surface area contributed by atoms with E-state index in [0.717, 1.165) is 18.4 Å². The van der Waals surface area contributed by atoms with E-state index >= 15 is 0 Å². The smallest absolute Gasteiger partial charge is 0.0275 e. The lowest BCUT2D eigenvalue weighted by atomic mass is 9.97. The second kappa shape index (κ2) is 5.43. The lowest BCUT2D eigenvalue weighted by molar-refractivity contribution is 0.403. The summed E-state index contributed by atoms with van der Waals surface area (Å²) in [4.78, 5) is 0. The van der Waals surface area contributed by atoms with Crippen molar-refractivity contribution in [2.24, 2.45) is 11.8 Å². The first-order chi connectivity index (χ1) is 6.27. The van der Waals surface area contributed by atoms with Crippen molar-refractivity contribution in [1.29, 1.82) is 0 Å². The van der Waals surface area contributed by atoms with Gasteiger partial charge < -0.3 is 5.32 Å². The molecule has 1 fully saturated rings. The maximum atomic E-state index is 3.92. The van der Waals surface area contributed by atoms with Crippen molar-refractivity contribution in [3.8, 4) is 0 Å². The van der Waals surface area contributed by atoms with Gasteiger partial charge in [-0.15, -0.1) is 6.58 Å². The molecule has 1 saturated carbocycles. The van der Waals surface area contributed by atoms with E-state index in [1.165, 1.54) is 25.7 Å². The van der Waals surface area contributed by atoms with Crippen molar-refractivity contribution >= 4 is 0 Å². The molecule has 1 rings (SSSR count). The van der Waals surface area contributed by atoms with Gasteiger partial charge in [0, 0.05) is 6.04 Å². The Morgan fingerprint density at radius 1 is 1.54 bits per heavy atom. The number of rotatable bonds is 5. The van der Waals surface area contributed by atoms with E-state index in [0.29, 0.717) is 6.04 Å². The van der Waals surface area contributed by atoms with E-state index in [1.807, 2.05) is 0 Å². The fourth-order valence-corrected chi connectivity index (χ4v) is 2.33. The molecule has 0 heterocycles. The van der Waals surface area contributed by atoms with E-state index in [1.54, 1.807) is 0 Å². The molecular formula is C12H23N. The molecule has 0 aliphatic heterocycles. The van der Waals surface area contributed by atoms with Gasteiger partial charge in [0.15, 0.2) is 0 Å². The second-order valence-corrected chi connectivity index (χ2v) is 4.39. The van der Waals surface area contributed by atoms with E-state index in [4.69, 9.17) is 0 Å². The summed E-state index contributed by atoms with van der Waals surface area (Å²) in [5.41, 5.74) is 0. The third kappa shape index (κ3) is 3.15. The van der Waals surface area contributed by atoms with Crippen LogP contribution in [0.1, 0.15) is 39.5 Å². The zero-order valence-corrected chi connectivity index (χ0v) is 9.05. The Labute approximate surface area is 82.6 Å². The van der Waals surface area contributed by atoms with Crippen molar-refractivity contribution < 1.29 is 0 Å². The van der Waals surface area contributed by atoms with Gasteiger partial charge in [-0.25, -0.2) is 0 Å². The topological polar surface area (TPSA) is 12.0 Å². The predicted molar refractivity (Wildman–Crippen MR) is 58.8 cm³/mol. The molecule has 1 nitrogen and oxygen atoms in total. The molecule has 0 aromatic carbocycles. The highest BCUT2D eigenvalue weighted by Gasteiger charge is 2.26. The molecule has 0 spiro atoms. The summed E-state index contributed by atoms with van der Waals surface area (Å²) >= 11 is 0. The third-order valence-corrected chi connectivity index (χ3v) is 3.13. The molecular weight excluding hydrogens is 158 g/mol. The van der Waals surface area contributed by atoms with Crippen LogP contribution in [0.3, 0.4) is 0 Å². The summed E-state index contributed by atoms with van der Waals surface area (Å²) in [6.45, 7) is 9.62. The Bertz CT molecular complexity index is 153. The van der Waals surface area contributed by atoms with Gasteiger partial charge in [-0.2, -0.15) is 0 Å². The molecule has 0 radical (unpaired) electrons.